The summed E-state index contributed by atoms with van der Waals surface area (Å²) in [5.41, 5.74) is 0.0843. The molecule has 1 aliphatic rings. The molecule has 3 unspecified atom stereocenters. The van der Waals surface area contributed by atoms with Gasteiger partial charge in [0.2, 0.25) is 0 Å². The number of fused-ring (bicyclic) bond motifs is 1. The topological polar surface area (TPSA) is 207 Å². The Morgan fingerprint density at radius 3 is 2.58 bits per heavy atom. The number of hydrogen-bond donors (Lipinski definition) is 5. The summed E-state index contributed by atoms with van der Waals surface area (Å²) in [6, 6.07) is 0. The molecule has 0 radical (unpaired) electrons. The van der Waals surface area contributed by atoms with Crippen LogP contribution in [-0.4, -0.2) is 63.0 Å². The highest BCUT2D eigenvalue weighted by molar-refractivity contribution is 7.46. The van der Waals surface area contributed by atoms with E-state index in [9.17, 15) is 14.2 Å². The lowest BCUT2D eigenvalue weighted by molar-refractivity contribution is -0.0424. The largest absolute Gasteiger partial charge is 0.526 e. The van der Waals surface area contributed by atoms with Gasteiger partial charge in [0.25, 0.3) is 5.88 Å². The van der Waals surface area contributed by atoms with Crippen LogP contribution >= 0.6 is 15.6 Å². The Bertz CT molecular complexity index is 893. The average molecular weight is 412 g/mol. The van der Waals surface area contributed by atoms with Crippen LogP contribution in [0.4, 0.5) is 0 Å². The molecule has 0 saturated carbocycles. The Kier molecular flexibility index (Phi) is 5.14. The summed E-state index contributed by atoms with van der Waals surface area (Å²) in [4.78, 5) is 46.8. The number of aliphatic hydroxyl groups is 1. The summed E-state index contributed by atoms with van der Waals surface area (Å²) in [5, 5.41) is 9.98. The maximum atomic E-state index is 11.0. The zero-order valence-corrected chi connectivity index (χ0v) is 14.6. The number of nitrogens with zero attached hydrogens (tertiary/aromatic N) is 4. The molecule has 3 heterocycles. The molecule has 1 fully saturated rings. The van der Waals surface area contributed by atoms with Gasteiger partial charge in [0.05, 0.1) is 19.0 Å². The van der Waals surface area contributed by atoms with Crippen LogP contribution in [0.15, 0.2) is 12.7 Å². The van der Waals surface area contributed by atoms with E-state index in [1.807, 2.05) is 0 Å². The highest BCUT2D eigenvalue weighted by atomic mass is 31.2. The summed E-state index contributed by atoms with van der Waals surface area (Å²) < 4.78 is 37.4. The predicted molar refractivity (Wildman–Crippen MR) is 80.5 cm³/mol. The van der Waals surface area contributed by atoms with Gasteiger partial charge in [0.15, 0.2) is 11.2 Å². The van der Waals surface area contributed by atoms with Crippen molar-refractivity contribution in [2.75, 3.05) is 6.61 Å². The van der Waals surface area contributed by atoms with Crippen molar-refractivity contribution in [3.05, 3.63) is 12.7 Å². The average Bonchev–Trinajstić information content (AvgIpc) is 3.07. The number of rotatable bonds is 6. The minimum absolute atomic E-state index is 0.0381. The molecule has 0 spiro atoms. The molecule has 3 atom stereocenters. The first-order valence-corrected chi connectivity index (χ1v) is 10.1. The Morgan fingerprint density at radius 2 is 1.92 bits per heavy atom. The molecule has 0 amide bonds. The van der Waals surface area contributed by atoms with Gasteiger partial charge in [0.1, 0.15) is 18.7 Å². The molecule has 0 aromatic carbocycles. The van der Waals surface area contributed by atoms with Crippen molar-refractivity contribution >= 4 is 26.8 Å². The highest BCUT2D eigenvalue weighted by Gasteiger charge is 2.37. The molecule has 26 heavy (non-hydrogen) atoms. The normalized spacial score (nSPS) is 24.3. The van der Waals surface area contributed by atoms with Crippen LogP contribution in [0.5, 0.6) is 5.88 Å². The molecule has 144 valence electrons. The fourth-order valence-corrected chi connectivity index (χ4v) is 3.13. The Hall–Kier alpha value is -1.47. The van der Waals surface area contributed by atoms with E-state index in [4.69, 9.17) is 24.3 Å². The number of aromatic nitrogens is 4. The van der Waals surface area contributed by atoms with Crippen molar-refractivity contribution < 1.29 is 47.6 Å². The zero-order chi connectivity index (χ0) is 19.1. The summed E-state index contributed by atoms with van der Waals surface area (Å²) in [7, 11) is -9.57. The lowest BCUT2D eigenvalue weighted by Gasteiger charge is -2.16. The second kappa shape index (κ2) is 6.93. The fourth-order valence-electron chi connectivity index (χ4n) is 2.43. The first kappa shape index (κ1) is 19.3. The SMILES string of the molecule is O=P(O)(O)OCC1OC(n2cnc3c(OP(=O)(O)O)ncnc32)CC1O. The zero-order valence-electron chi connectivity index (χ0n) is 12.8. The van der Waals surface area contributed by atoms with Crippen LogP contribution in [0.2, 0.25) is 0 Å². The summed E-state index contributed by atoms with van der Waals surface area (Å²) in [6.07, 6.45) is -0.590. The van der Waals surface area contributed by atoms with Crippen molar-refractivity contribution in [2.24, 2.45) is 0 Å². The minimum atomic E-state index is -4.85. The fraction of sp³-hybridized carbons (Fsp3) is 0.500. The molecule has 5 N–H and O–H groups in total. The molecule has 2 aromatic heterocycles. The molecule has 0 bridgehead atoms. The Balaban J connectivity index is 1.82. The van der Waals surface area contributed by atoms with Gasteiger partial charge in [-0.15, -0.1) is 0 Å². The molecule has 1 saturated heterocycles. The third-order valence-electron chi connectivity index (χ3n) is 3.45. The van der Waals surface area contributed by atoms with E-state index in [0.29, 0.717) is 0 Å². The lowest BCUT2D eigenvalue weighted by atomic mass is 10.2. The van der Waals surface area contributed by atoms with Crippen molar-refractivity contribution in [1.82, 2.24) is 19.5 Å². The summed E-state index contributed by atoms with van der Waals surface area (Å²) >= 11 is 0. The van der Waals surface area contributed by atoms with Crippen LogP contribution in [0.1, 0.15) is 12.6 Å². The van der Waals surface area contributed by atoms with Crippen molar-refractivity contribution in [3.8, 4) is 5.88 Å². The van der Waals surface area contributed by atoms with Crippen LogP contribution in [-0.2, 0) is 18.4 Å². The van der Waals surface area contributed by atoms with Gasteiger partial charge < -0.3 is 24.2 Å². The smallest absolute Gasteiger partial charge is 0.390 e. The van der Waals surface area contributed by atoms with Gasteiger partial charge in [0, 0.05) is 6.42 Å². The van der Waals surface area contributed by atoms with Gasteiger partial charge in [-0.2, -0.15) is 4.98 Å². The van der Waals surface area contributed by atoms with E-state index in [1.54, 1.807) is 0 Å². The molecule has 16 heteroatoms. The minimum Gasteiger partial charge on any atom is -0.390 e. The Labute approximate surface area is 144 Å². The van der Waals surface area contributed by atoms with E-state index in [2.05, 4.69) is 24.0 Å². The highest BCUT2D eigenvalue weighted by Crippen LogP contribution is 2.40. The molecular weight excluding hydrogens is 398 g/mol. The third kappa shape index (κ3) is 4.43. The lowest BCUT2D eigenvalue weighted by Crippen LogP contribution is -2.25. The maximum Gasteiger partial charge on any atom is 0.526 e. The van der Waals surface area contributed by atoms with Crippen LogP contribution < -0.4 is 4.52 Å². The van der Waals surface area contributed by atoms with Crippen molar-refractivity contribution in [2.45, 2.75) is 24.9 Å². The molecular formula is C10H14N4O10P2. The van der Waals surface area contributed by atoms with Crippen LogP contribution in [0.25, 0.3) is 11.2 Å². The molecule has 14 nitrogen and oxygen atoms in total. The molecule has 3 rings (SSSR count). The van der Waals surface area contributed by atoms with Gasteiger partial charge in [-0.3, -0.25) is 18.9 Å². The number of ether oxygens (including phenoxy) is 1. The van der Waals surface area contributed by atoms with E-state index >= 15 is 0 Å². The Morgan fingerprint density at radius 1 is 1.19 bits per heavy atom. The number of hydrogen-bond acceptors (Lipinski definition) is 9. The quantitative estimate of drug-likeness (QED) is 0.363. The van der Waals surface area contributed by atoms with Crippen molar-refractivity contribution in [3.63, 3.8) is 0 Å². The van der Waals surface area contributed by atoms with Gasteiger partial charge in [-0.1, -0.05) is 0 Å². The second-order valence-corrected chi connectivity index (χ2v) is 7.71. The van der Waals surface area contributed by atoms with Gasteiger partial charge >= 0.3 is 15.6 Å². The van der Waals surface area contributed by atoms with Gasteiger partial charge in [-0.25, -0.2) is 19.1 Å². The van der Waals surface area contributed by atoms with Crippen LogP contribution in [0.3, 0.4) is 0 Å². The van der Waals surface area contributed by atoms with E-state index < -0.39 is 46.6 Å². The second-order valence-electron chi connectivity index (χ2n) is 5.30. The van der Waals surface area contributed by atoms with E-state index in [1.165, 1.54) is 10.9 Å². The standard InChI is InChI=1S/C10H14N4O10P2/c15-5-1-7(23-6(5)2-22-25(16,17)18)14-4-13-8-9(14)11-3-12-10(8)24-26(19,20)21/h3-7,15H,1-2H2,(H2,16,17,18)(H2,19,20,21). The number of imidazole rings is 1. The summed E-state index contributed by atoms with van der Waals surface area (Å²) in [6.45, 7) is -0.532. The van der Waals surface area contributed by atoms with Gasteiger partial charge in [-0.05, 0) is 0 Å². The number of aliphatic hydroxyl groups excluding tert-OH is 1. The molecule has 1 aliphatic heterocycles. The summed E-state index contributed by atoms with van der Waals surface area (Å²) in [5.74, 6) is -0.429. The monoisotopic (exact) mass is 412 g/mol. The van der Waals surface area contributed by atoms with Crippen LogP contribution in [0, 0.1) is 0 Å². The first-order chi connectivity index (χ1) is 12.0. The number of phosphoric ester groups is 2. The predicted octanol–water partition coefficient (Wildman–Crippen LogP) is -0.945. The molecule has 2 aromatic rings. The van der Waals surface area contributed by atoms with E-state index in [-0.39, 0.29) is 17.6 Å². The maximum absolute atomic E-state index is 11.0. The third-order valence-corrected chi connectivity index (χ3v) is 4.35. The molecule has 0 aliphatic carbocycles. The first-order valence-electron chi connectivity index (χ1n) is 7.00. The van der Waals surface area contributed by atoms with E-state index in [0.717, 1.165) is 6.33 Å². The number of phosphoric acid groups is 2. The van der Waals surface area contributed by atoms with Crippen molar-refractivity contribution in [1.29, 1.82) is 0 Å².